The zero-order valence-corrected chi connectivity index (χ0v) is 15.2. The molecule has 140 valence electrons. The fourth-order valence-electron chi connectivity index (χ4n) is 2.76. The summed E-state index contributed by atoms with van der Waals surface area (Å²) in [5, 5.41) is 6.95. The Balaban J connectivity index is 1.80. The van der Waals surface area contributed by atoms with E-state index in [2.05, 4.69) is 10.4 Å². The lowest BCUT2D eigenvalue weighted by Crippen LogP contribution is -2.27. The van der Waals surface area contributed by atoms with Gasteiger partial charge in [-0.15, -0.1) is 0 Å². The summed E-state index contributed by atoms with van der Waals surface area (Å²) in [4.78, 5) is 12.5. The van der Waals surface area contributed by atoms with Crippen LogP contribution in [0.5, 0.6) is 5.75 Å². The molecule has 1 N–H and O–H groups in total. The molecule has 3 rings (SSSR count). The fraction of sp³-hybridized carbons (Fsp3) is 0.200. The van der Waals surface area contributed by atoms with Gasteiger partial charge < -0.3 is 10.1 Å². The molecule has 2 aromatic carbocycles. The van der Waals surface area contributed by atoms with Gasteiger partial charge in [0.1, 0.15) is 23.1 Å². The van der Waals surface area contributed by atoms with Crippen molar-refractivity contribution < 1.29 is 18.3 Å². The number of hydrogen-bond donors (Lipinski definition) is 1. The second kappa shape index (κ2) is 7.57. The van der Waals surface area contributed by atoms with Gasteiger partial charge in [-0.1, -0.05) is 12.1 Å². The topological polar surface area (TPSA) is 56.1 Å². The Labute approximate surface area is 155 Å². The summed E-state index contributed by atoms with van der Waals surface area (Å²) in [6.07, 6.45) is 1.65. The predicted octanol–water partition coefficient (Wildman–Crippen LogP) is 3.96. The van der Waals surface area contributed by atoms with Crippen LogP contribution in [0, 0.1) is 18.6 Å². The number of carbonyl (C=O) groups excluding carboxylic acids is 1. The van der Waals surface area contributed by atoms with Crippen molar-refractivity contribution in [2.45, 2.75) is 19.9 Å². The molecule has 1 atom stereocenters. The van der Waals surface area contributed by atoms with Crippen LogP contribution in [0.25, 0.3) is 5.69 Å². The van der Waals surface area contributed by atoms with E-state index in [1.54, 1.807) is 31.0 Å². The molecule has 0 aliphatic heterocycles. The van der Waals surface area contributed by atoms with Crippen LogP contribution in [0.15, 0.2) is 48.7 Å². The maximum atomic E-state index is 13.9. The van der Waals surface area contributed by atoms with Crippen LogP contribution in [0.4, 0.5) is 8.78 Å². The Bertz CT molecular complexity index is 985. The highest BCUT2D eigenvalue weighted by Gasteiger charge is 2.18. The third-order valence-electron chi connectivity index (χ3n) is 4.18. The normalized spacial score (nSPS) is 11.9. The minimum absolute atomic E-state index is 0.174. The number of amides is 1. The summed E-state index contributed by atoms with van der Waals surface area (Å²) in [5.74, 6) is -1.22. The number of benzene rings is 2. The summed E-state index contributed by atoms with van der Waals surface area (Å²) in [6, 6.07) is 9.80. The molecule has 1 aromatic heterocycles. The molecule has 0 bridgehead atoms. The number of hydrogen-bond acceptors (Lipinski definition) is 3. The molecule has 0 aliphatic rings. The first kappa shape index (κ1) is 18.6. The number of nitrogens with zero attached hydrogens (tertiary/aromatic N) is 2. The van der Waals surface area contributed by atoms with Crippen LogP contribution in [-0.4, -0.2) is 22.8 Å². The van der Waals surface area contributed by atoms with Gasteiger partial charge >= 0.3 is 0 Å². The fourth-order valence-corrected chi connectivity index (χ4v) is 2.76. The minimum Gasteiger partial charge on any atom is -0.494 e. The second-order valence-corrected chi connectivity index (χ2v) is 6.18. The minimum atomic E-state index is -0.710. The summed E-state index contributed by atoms with van der Waals surface area (Å²) in [5.41, 5.74) is 2.10. The highest BCUT2D eigenvalue weighted by Crippen LogP contribution is 2.24. The van der Waals surface area contributed by atoms with Gasteiger partial charge in [-0.3, -0.25) is 4.79 Å². The number of nitrogens with one attached hydrogen (secondary N) is 1. The van der Waals surface area contributed by atoms with Crippen molar-refractivity contribution in [1.82, 2.24) is 15.1 Å². The lowest BCUT2D eigenvalue weighted by atomic mass is 10.1. The molecule has 27 heavy (non-hydrogen) atoms. The van der Waals surface area contributed by atoms with Crippen molar-refractivity contribution in [2.24, 2.45) is 0 Å². The van der Waals surface area contributed by atoms with Gasteiger partial charge in [-0.25, -0.2) is 13.5 Å². The zero-order valence-electron chi connectivity index (χ0n) is 15.2. The molecular formula is C20H19F2N3O2. The predicted molar refractivity (Wildman–Crippen MR) is 97.1 cm³/mol. The smallest absolute Gasteiger partial charge is 0.272 e. The molecule has 5 nitrogen and oxygen atoms in total. The van der Waals surface area contributed by atoms with Gasteiger partial charge in [0.05, 0.1) is 13.2 Å². The van der Waals surface area contributed by atoms with Crippen molar-refractivity contribution in [1.29, 1.82) is 0 Å². The molecular weight excluding hydrogens is 352 g/mol. The molecule has 0 saturated heterocycles. The first-order valence-electron chi connectivity index (χ1n) is 8.35. The molecule has 1 unspecified atom stereocenters. The largest absolute Gasteiger partial charge is 0.494 e. The number of aryl methyl sites for hydroxylation is 1. The van der Waals surface area contributed by atoms with E-state index < -0.39 is 23.6 Å². The molecule has 1 heterocycles. The van der Waals surface area contributed by atoms with E-state index in [4.69, 9.17) is 4.74 Å². The van der Waals surface area contributed by atoms with Crippen LogP contribution in [0.2, 0.25) is 0 Å². The standard InChI is InChI=1S/C20H19F2N3O2/c1-12-4-7-19(27-3)18(10-12)25-9-8-17(24-25)20(26)23-13(2)15-6-5-14(21)11-16(15)22/h4-11,13H,1-3H3,(H,23,26). The third kappa shape index (κ3) is 3.97. The number of rotatable bonds is 5. The van der Waals surface area contributed by atoms with Gasteiger partial charge in [-0.05, 0) is 43.7 Å². The van der Waals surface area contributed by atoms with Gasteiger partial charge in [0.2, 0.25) is 0 Å². The highest BCUT2D eigenvalue weighted by molar-refractivity contribution is 5.92. The van der Waals surface area contributed by atoms with Crippen LogP contribution in [-0.2, 0) is 0 Å². The van der Waals surface area contributed by atoms with E-state index >= 15 is 0 Å². The van der Waals surface area contributed by atoms with E-state index in [0.29, 0.717) is 11.4 Å². The molecule has 1 amide bonds. The van der Waals surface area contributed by atoms with E-state index in [1.807, 2.05) is 25.1 Å². The number of aromatic nitrogens is 2. The molecule has 0 fully saturated rings. The van der Waals surface area contributed by atoms with Crippen LogP contribution < -0.4 is 10.1 Å². The van der Waals surface area contributed by atoms with Crippen molar-refractivity contribution in [3.63, 3.8) is 0 Å². The Hall–Kier alpha value is -3.22. The Morgan fingerprint density at radius 1 is 1.19 bits per heavy atom. The molecule has 0 spiro atoms. The van der Waals surface area contributed by atoms with Crippen molar-refractivity contribution >= 4 is 5.91 Å². The Kier molecular flexibility index (Phi) is 5.21. The first-order chi connectivity index (χ1) is 12.9. The zero-order chi connectivity index (χ0) is 19.6. The summed E-state index contributed by atoms with van der Waals surface area (Å²) < 4.78 is 33.8. The summed E-state index contributed by atoms with van der Waals surface area (Å²) in [6.45, 7) is 3.56. The van der Waals surface area contributed by atoms with Gasteiger partial charge in [0, 0.05) is 17.8 Å². The van der Waals surface area contributed by atoms with Gasteiger partial charge in [-0.2, -0.15) is 5.10 Å². The summed E-state index contributed by atoms with van der Waals surface area (Å²) >= 11 is 0. The van der Waals surface area contributed by atoms with Gasteiger partial charge in [0.25, 0.3) is 5.91 Å². The van der Waals surface area contributed by atoms with Gasteiger partial charge in [0.15, 0.2) is 5.69 Å². The monoisotopic (exact) mass is 371 g/mol. The van der Waals surface area contributed by atoms with Crippen LogP contribution in [0.3, 0.4) is 0 Å². The molecule has 0 radical (unpaired) electrons. The molecule has 7 heteroatoms. The number of halogens is 2. The number of ether oxygens (including phenoxy) is 1. The van der Waals surface area contributed by atoms with E-state index in [-0.39, 0.29) is 11.3 Å². The average molecular weight is 371 g/mol. The van der Waals surface area contributed by atoms with Crippen molar-refractivity contribution in [2.75, 3.05) is 7.11 Å². The quantitative estimate of drug-likeness (QED) is 0.739. The Morgan fingerprint density at radius 3 is 2.67 bits per heavy atom. The second-order valence-electron chi connectivity index (χ2n) is 6.18. The third-order valence-corrected chi connectivity index (χ3v) is 4.18. The van der Waals surface area contributed by atoms with Crippen LogP contribution in [0.1, 0.15) is 34.6 Å². The Morgan fingerprint density at radius 2 is 1.96 bits per heavy atom. The molecule has 0 aliphatic carbocycles. The van der Waals surface area contributed by atoms with Crippen molar-refractivity contribution in [3.05, 3.63) is 77.1 Å². The SMILES string of the molecule is COc1ccc(C)cc1-n1ccc(C(=O)NC(C)c2ccc(F)cc2F)n1. The number of methoxy groups -OCH3 is 1. The lowest BCUT2D eigenvalue weighted by Gasteiger charge is -2.14. The highest BCUT2D eigenvalue weighted by atomic mass is 19.1. The lowest BCUT2D eigenvalue weighted by molar-refractivity contribution is 0.0934. The van der Waals surface area contributed by atoms with Crippen molar-refractivity contribution in [3.8, 4) is 11.4 Å². The first-order valence-corrected chi connectivity index (χ1v) is 8.35. The number of carbonyl (C=O) groups is 1. The molecule has 0 saturated carbocycles. The maximum Gasteiger partial charge on any atom is 0.272 e. The van der Waals surface area contributed by atoms with E-state index in [0.717, 1.165) is 17.7 Å². The van der Waals surface area contributed by atoms with E-state index in [1.165, 1.54) is 6.07 Å². The molecule has 3 aromatic rings. The van der Waals surface area contributed by atoms with E-state index in [9.17, 15) is 13.6 Å². The van der Waals surface area contributed by atoms with Crippen LogP contribution >= 0.6 is 0 Å². The summed E-state index contributed by atoms with van der Waals surface area (Å²) in [7, 11) is 1.56. The maximum absolute atomic E-state index is 13.9. The average Bonchev–Trinajstić information content (AvgIpc) is 3.11.